The Morgan fingerprint density at radius 3 is 2.85 bits per heavy atom. The van der Waals surface area contributed by atoms with Gasteiger partial charge in [0, 0.05) is 24.1 Å². The van der Waals surface area contributed by atoms with Crippen LogP contribution in [0.1, 0.15) is 23.7 Å². The average Bonchev–Trinajstić information content (AvgIpc) is 2.51. The molecule has 0 saturated heterocycles. The van der Waals surface area contributed by atoms with Gasteiger partial charge in [-0.3, -0.25) is 0 Å². The van der Waals surface area contributed by atoms with Crippen LogP contribution >= 0.6 is 11.3 Å². The summed E-state index contributed by atoms with van der Waals surface area (Å²) in [6, 6.07) is -0.00125. The monoisotopic (exact) mass is 200 g/mol. The largest absolute Gasteiger partial charge is 0.384 e. The van der Waals surface area contributed by atoms with Crippen LogP contribution in [-0.2, 0) is 4.74 Å². The fourth-order valence-electron chi connectivity index (χ4n) is 1.14. The fraction of sp³-hybridized carbons (Fsp3) is 0.667. The minimum Gasteiger partial charge on any atom is -0.384 e. The maximum atomic E-state index is 6.01. The molecule has 0 radical (unpaired) electrons. The van der Waals surface area contributed by atoms with Crippen molar-refractivity contribution in [3.05, 3.63) is 16.1 Å². The van der Waals surface area contributed by atoms with Crippen molar-refractivity contribution in [2.75, 3.05) is 13.7 Å². The lowest BCUT2D eigenvalue weighted by molar-refractivity contribution is 0.147. The Bertz CT molecular complexity index is 262. The van der Waals surface area contributed by atoms with Gasteiger partial charge in [0.25, 0.3) is 0 Å². The van der Waals surface area contributed by atoms with E-state index >= 15 is 0 Å². The molecular formula is C9H16N2OS. The normalized spacial score (nSPS) is 15.7. The summed E-state index contributed by atoms with van der Waals surface area (Å²) in [7, 11) is 1.69. The third-order valence-corrected chi connectivity index (χ3v) is 3.03. The van der Waals surface area contributed by atoms with E-state index in [0.29, 0.717) is 12.5 Å². The van der Waals surface area contributed by atoms with Gasteiger partial charge in [-0.25, -0.2) is 4.98 Å². The number of hydrogen-bond donors (Lipinski definition) is 1. The Balaban J connectivity index is 2.61. The zero-order valence-electron chi connectivity index (χ0n) is 8.28. The minimum absolute atomic E-state index is 0.00125. The summed E-state index contributed by atoms with van der Waals surface area (Å²) in [4.78, 5) is 4.35. The second kappa shape index (κ2) is 4.69. The molecule has 0 fully saturated rings. The van der Waals surface area contributed by atoms with E-state index in [0.717, 1.165) is 10.7 Å². The second-order valence-corrected chi connectivity index (χ2v) is 4.18. The van der Waals surface area contributed by atoms with Gasteiger partial charge in [-0.2, -0.15) is 0 Å². The van der Waals surface area contributed by atoms with Crippen LogP contribution in [0.4, 0.5) is 0 Å². The van der Waals surface area contributed by atoms with Crippen LogP contribution in [0.5, 0.6) is 0 Å². The standard InChI is InChI=1S/C9H16N2OS/c1-6(4-12-3)8(10)9-11-7(2)5-13-9/h5-6,8H,4,10H2,1-3H3. The first-order chi connectivity index (χ1) is 6.15. The van der Waals surface area contributed by atoms with Crippen molar-refractivity contribution < 1.29 is 4.74 Å². The average molecular weight is 200 g/mol. The molecule has 2 N–H and O–H groups in total. The molecule has 74 valence electrons. The summed E-state index contributed by atoms with van der Waals surface area (Å²) in [6.45, 7) is 4.73. The Hall–Kier alpha value is -0.450. The number of nitrogens with two attached hydrogens (primary N) is 1. The Morgan fingerprint density at radius 1 is 1.69 bits per heavy atom. The van der Waals surface area contributed by atoms with E-state index in [-0.39, 0.29) is 6.04 Å². The smallest absolute Gasteiger partial charge is 0.110 e. The zero-order chi connectivity index (χ0) is 9.84. The first kappa shape index (κ1) is 10.6. The van der Waals surface area contributed by atoms with E-state index in [2.05, 4.69) is 11.9 Å². The van der Waals surface area contributed by atoms with Gasteiger partial charge < -0.3 is 10.5 Å². The number of methoxy groups -OCH3 is 1. The molecule has 0 aromatic carbocycles. The number of hydrogen-bond acceptors (Lipinski definition) is 4. The highest BCUT2D eigenvalue weighted by molar-refractivity contribution is 7.09. The molecule has 0 aliphatic heterocycles. The quantitative estimate of drug-likeness (QED) is 0.805. The maximum Gasteiger partial charge on any atom is 0.110 e. The summed E-state index contributed by atoms with van der Waals surface area (Å²) in [5, 5.41) is 3.02. The van der Waals surface area contributed by atoms with Crippen molar-refractivity contribution in [2.24, 2.45) is 11.7 Å². The van der Waals surface area contributed by atoms with E-state index in [9.17, 15) is 0 Å². The summed E-state index contributed by atoms with van der Waals surface area (Å²) in [5.41, 5.74) is 7.05. The fourth-order valence-corrected chi connectivity index (χ4v) is 2.07. The van der Waals surface area contributed by atoms with Crippen molar-refractivity contribution in [1.82, 2.24) is 4.98 Å². The van der Waals surface area contributed by atoms with Crippen LogP contribution in [0.3, 0.4) is 0 Å². The van der Waals surface area contributed by atoms with Crippen LogP contribution in [-0.4, -0.2) is 18.7 Å². The molecule has 2 unspecified atom stereocenters. The number of nitrogens with zero attached hydrogens (tertiary/aromatic N) is 1. The van der Waals surface area contributed by atoms with Gasteiger partial charge in [-0.15, -0.1) is 11.3 Å². The van der Waals surface area contributed by atoms with Gasteiger partial charge in [0.2, 0.25) is 0 Å². The van der Waals surface area contributed by atoms with Crippen molar-refractivity contribution in [3.8, 4) is 0 Å². The summed E-state index contributed by atoms with van der Waals surface area (Å²) < 4.78 is 5.05. The molecule has 0 spiro atoms. The molecule has 0 aliphatic carbocycles. The van der Waals surface area contributed by atoms with Gasteiger partial charge in [0.15, 0.2) is 0 Å². The van der Waals surface area contributed by atoms with Crippen LogP contribution in [0.25, 0.3) is 0 Å². The first-order valence-corrected chi connectivity index (χ1v) is 5.19. The SMILES string of the molecule is COCC(C)C(N)c1nc(C)cs1. The molecule has 4 heteroatoms. The lowest BCUT2D eigenvalue weighted by Gasteiger charge is -2.16. The van der Waals surface area contributed by atoms with Crippen molar-refractivity contribution in [2.45, 2.75) is 19.9 Å². The van der Waals surface area contributed by atoms with Crippen LogP contribution < -0.4 is 5.73 Å². The number of aromatic nitrogens is 1. The maximum absolute atomic E-state index is 6.01. The Morgan fingerprint density at radius 2 is 2.38 bits per heavy atom. The molecule has 0 aliphatic rings. The first-order valence-electron chi connectivity index (χ1n) is 4.31. The highest BCUT2D eigenvalue weighted by Gasteiger charge is 2.17. The van der Waals surface area contributed by atoms with E-state index in [1.165, 1.54) is 0 Å². The highest BCUT2D eigenvalue weighted by atomic mass is 32.1. The second-order valence-electron chi connectivity index (χ2n) is 3.29. The predicted molar refractivity (Wildman–Crippen MR) is 54.8 cm³/mol. The lowest BCUT2D eigenvalue weighted by atomic mass is 10.1. The van der Waals surface area contributed by atoms with Gasteiger partial charge in [-0.05, 0) is 6.92 Å². The Labute approximate surface area is 82.9 Å². The molecule has 13 heavy (non-hydrogen) atoms. The van der Waals surface area contributed by atoms with Crippen LogP contribution in [0, 0.1) is 12.8 Å². The molecular weight excluding hydrogens is 184 g/mol. The van der Waals surface area contributed by atoms with E-state index in [4.69, 9.17) is 10.5 Å². The van der Waals surface area contributed by atoms with E-state index in [1.54, 1.807) is 18.4 Å². The molecule has 1 rings (SSSR count). The third kappa shape index (κ3) is 2.76. The zero-order valence-corrected chi connectivity index (χ0v) is 9.10. The van der Waals surface area contributed by atoms with Gasteiger partial charge in [-0.1, -0.05) is 6.92 Å². The molecule has 2 atom stereocenters. The van der Waals surface area contributed by atoms with Gasteiger partial charge >= 0.3 is 0 Å². The minimum atomic E-state index is -0.00125. The Kier molecular flexibility index (Phi) is 3.84. The number of ether oxygens (including phenoxy) is 1. The molecule has 3 nitrogen and oxygen atoms in total. The highest BCUT2D eigenvalue weighted by Crippen LogP contribution is 2.22. The number of rotatable bonds is 4. The topological polar surface area (TPSA) is 48.1 Å². The van der Waals surface area contributed by atoms with Gasteiger partial charge in [0.05, 0.1) is 12.6 Å². The third-order valence-electron chi connectivity index (χ3n) is 1.96. The predicted octanol–water partition coefficient (Wildman–Crippen LogP) is 1.73. The number of aryl methyl sites for hydroxylation is 1. The number of thiazole rings is 1. The lowest BCUT2D eigenvalue weighted by Crippen LogP contribution is -2.22. The molecule has 0 saturated carbocycles. The van der Waals surface area contributed by atoms with Crippen molar-refractivity contribution in [1.29, 1.82) is 0 Å². The van der Waals surface area contributed by atoms with Crippen molar-refractivity contribution in [3.63, 3.8) is 0 Å². The van der Waals surface area contributed by atoms with Crippen LogP contribution in [0.15, 0.2) is 5.38 Å². The van der Waals surface area contributed by atoms with Crippen molar-refractivity contribution >= 4 is 11.3 Å². The van der Waals surface area contributed by atoms with E-state index in [1.807, 2.05) is 12.3 Å². The van der Waals surface area contributed by atoms with Gasteiger partial charge in [0.1, 0.15) is 5.01 Å². The van der Waals surface area contributed by atoms with Crippen LogP contribution in [0.2, 0.25) is 0 Å². The molecule has 1 aromatic rings. The summed E-state index contributed by atoms with van der Waals surface area (Å²) >= 11 is 1.62. The molecule has 1 heterocycles. The summed E-state index contributed by atoms with van der Waals surface area (Å²) in [6.07, 6.45) is 0. The molecule has 0 amide bonds. The molecule has 0 bridgehead atoms. The molecule has 1 aromatic heterocycles. The summed E-state index contributed by atoms with van der Waals surface area (Å²) in [5.74, 6) is 0.315. The van der Waals surface area contributed by atoms with E-state index < -0.39 is 0 Å².